The van der Waals surface area contributed by atoms with E-state index in [0.717, 1.165) is 17.0 Å². The van der Waals surface area contributed by atoms with Gasteiger partial charge in [-0.25, -0.2) is 9.48 Å². The van der Waals surface area contributed by atoms with Crippen LogP contribution in [0.25, 0.3) is 17.1 Å². The summed E-state index contributed by atoms with van der Waals surface area (Å²) in [6.07, 6.45) is 0. The number of benzene rings is 2. The van der Waals surface area contributed by atoms with E-state index in [-0.39, 0.29) is 6.01 Å². The summed E-state index contributed by atoms with van der Waals surface area (Å²) in [5.41, 5.74) is 6.68. The monoisotopic (exact) mass is 383 g/mol. The number of methoxy groups -OCH3 is 2. The average Bonchev–Trinajstić information content (AvgIpc) is 3.16. The van der Waals surface area contributed by atoms with Crippen molar-refractivity contribution in [3.05, 3.63) is 48.5 Å². The smallest absolute Gasteiger partial charge is 0.336 e. The van der Waals surface area contributed by atoms with Crippen molar-refractivity contribution in [2.45, 2.75) is 0 Å². The molecule has 0 bridgehead atoms. The Morgan fingerprint density at radius 2 is 1.71 bits per heavy atom. The molecule has 1 aromatic heterocycles. The number of hydrogen-bond acceptors (Lipinski definition) is 6. The number of carbonyl (C=O) groups is 1. The predicted molar refractivity (Wildman–Crippen MR) is 103 cm³/mol. The van der Waals surface area contributed by atoms with Crippen LogP contribution in [0.3, 0.4) is 0 Å². The summed E-state index contributed by atoms with van der Waals surface area (Å²) in [5.74, 6) is 2.05. The number of primary amides is 1. The summed E-state index contributed by atoms with van der Waals surface area (Å²) in [6.45, 7) is 0.651. The molecule has 0 saturated carbocycles. The molecule has 0 aliphatic carbocycles. The minimum Gasteiger partial charge on any atom is -0.497 e. The van der Waals surface area contributed by atoms with Crippen molar-refractivity contribution in [2.75, 3.05) is 27.4 Å². The quantitative estimate of drug-likeness (QED) is 0.575. The molecule has 0 fully saturated rings. The zero-order valence-electron chi connectivity index (χ0n) is 15.6. The Hall–Kier alpha value is -3.75. The Morgan fingerprint density at radius 3 is 2.32 bits per heavy atom. The molecular weight excluding hydrogens is 362 g/mol. The summed E-state index contributed by atoms with van der Waals surface area (Å²) in [5, 5.41) is 6.86. The van der Waals surface area contributed by atoms with E-state index < -0.39 is 6.03 Å². The second-order valence-electron chi connectivity index (χ2n) is 5.70. The van der Waals surface area contributed by atoms with Gasteiger partial charge < -0.3 is 25.3 Å². The molecule has 0 atom stereocenters. The van der Waals surface area contributed by atoms with Crippen molar-refractivity contribution in [1.82, 2.24) is 20.1 Å². The van der Waals surface area contributed by atoms with Crippen molar-refractivity contribution >= 4 is 6.03 Å². The highest BCUT2D eigenvalue weighted by Gasteiger charge is 2.14. The average molecular weight is 383 g/mol. The number of hydrogen-bond donors (Lipinski definition) is 2. The lowest BCUT2D eigenvalue weighted by atomic mass is 10.2. The van der Waals surface area contributed by atoms with Gasteiger partial charge in [0.05, 0.1) is 26.5 Å². The molecule has 9 heteroatoms. The normalized spacial score (nSPS) is 10.4. The Labute approximate surface area is 162 Å². The number of urea groups is 1. The Balaban J connectivity index is 1.80. The molecular formula is C19H21N5O4. The first kappa shape index (κ1) is 19.0. The summed E-state index contributed by atoms with van der Waals surface area (Å²) in [7, 11) is 3.14. The van der Waals surface area contributed by atoms with Gasteiger partial charge in [-0.3, -0.25) is 0 Å². The van der Waals surface area contributed by atoms with E-state index in [1.54, 1.807) is 11.8 Å². The minimum atomic E-state index is -0.578. The lowest BCUT2D eigenvalue weighted by Gasteiger charge is -2.09. The number of ether oxygens (including phenoxy) is 3. The zero-order valence-corrected chi connectivity index (χ0v) is 15.6. The Morgan fingerprint density at radius 1 is 1.04 bits per heavy atom. The van der Waals surface area contributed by atoms with Gasteiger partial charge >= 0.3 is 12.0 Å². The van der Waals surface area contributed by atoms with E-state index in [4.69, 9.17) is 19.9 Å². The maximum Gasteiger partial charge on any atom is 0.336 e. The number of rotatable bonds is 8. The lowest BCUT2D eigenvalue weighted by molar-refractivity contribution is 0.244. The molecule has 0 spiro atoms. The van der Waals surface area contributed by atoms with Gasteiger partial charge in [-0.2, -0.15) is 4.98 Å². The molecule has 28 heavy (non-hydrogen) atoms. The number of aromatic nitrogens is 3. The SMILES string of the molecule is COc1ccc(-n2nc(OC)nc2-c2ccc(OCCNC(N)=O)cc2)cc1. The fourth-order valence-corrected chi connectivity index (χ4v) is 2.51. The number of nitrogens with one attached hydrogen (secondary N) is 1. The lowest BCUT2D eigenvalue weighted by Crippen LogP contribution is -2.32. The van der Waals surface area contributed by atoms with Gasteiger partial charge in [-0.1, -0.05) is 0 Å². The molecule has 2 amide bonds. The Kier molecular flexibility index (Phi) is 5.95. The molecule has 146 valence electrons. The second kappa shape index (κ2) is 8.76. The third kappa shape index (κ3) is 4.50. The van der Waals surface area contributed by atoms with Crippen LogP contribution in [0.4, 0.5) is 4.79 Å². The highest BCUT2D eigenvalue weighted by atomic mass is 16.5. The van der Waals surface area contributed by atoms with Crippen LogP contribution in [0, 0.1) is 0 Å². The number of amides is 2. The largest absolute Gasteiger partial charge is 0.497 e. The molecule has 9 nitrogen and oxygen atoms in total. The molecule has 0 unspecified atom stereocenters. The molecule has 0 aliphatic heterocycles. The fraction of sp³-hybridized carbons (Fsp3) is 0.211. The molecule has 1 heterocycles. The van der Waals surface area contributed by atoms with Crippen molar-refractivity contribution < 1.29 is 19.0 Å². The van der Waals surface area contributed by atoms with Gasteiger partial charge in [0.2, 0.25) is 0 Å². The molecule has 0 aliphatic rings. The van der Waals surface area contributed by atoms with Gasteiger partial charge in [0.15, 0.2) is 5.82 Å². The van der Waals surface area contributed by atoms with Crippen molar-refractivity contribution in [3.8, 4) is 34.6 Å². The summed E-state index contributed by atoms with van der Waals surface area (Å²) in [4.78, 5) is 15.1. The van der Waals surface area contributed by atoms with E-state index in [2.05, 4.69) is 15.4 Å². The van der Waals surface area contributed by atoms with Gasteiger partial charge in [0.25, 0.3) is 0 Å². The van der Waals surface area contributed by atoms with Crippen LogP contribution in [-0.2, 0) is 0 Å². The number of nitrogens with two attached hydrogens (primary N) is 1. The summed E-state index contributed by atoms with van der Waals surface area (Å²) in [6, 6.07) is 14.6. The topological polar surface area (TPSA) is 114 Å². The third-order valence-corrected chi connectivity index (χ3v) is 3.87. The highest BCUT2D eigenvalue weighted by Crippen LogP contribution is 2.26. The standard InChI is InChI=1S/C19H21N5O4/c1-26-15-9-5-14(6-10-15)24-17(22-19(23-24)27-2)13-3-7-16(8-4-13)28-12-11-21-18(20)25/h3-10H,11-12H2,1-2H3,(H3,20,21,25). The molecule has 3 aromatic rings. The van der Waals surface area contributed by atoms with Crippen molar-refractivity contribution in [1.29, 1.82) is 0 Å². The number of nitrogens with zero attached hydrogens (tertiary/aromatic N) is 3. The van der Waals surface area contributed by atoms with Gasteiger partial charge in [0.1, 0.15) is 18.1 Å². The molecule has 3 N–H and O–H groups in total. The predicted octanol–water partition coefficient (Wildman–Crippen LogP) is 2.00. The van der Waals surface area contributed by atoms with Crippen molar-refractivity contribution in [3.63, 3.8) is 0 Å². The molecule has 0 saturated heterocycles. The van der Waals surface area contributed by atoms with E-state index in [0.29, 0.717) is 24.7 Å². The first-order chi connectivity index (χ1) is 13.6. The highest BCUT2D eigenvalue weighted by molar-refractivity contribution is 5.71. The molecule has 0 radical (unpaired) electrons. The first-order valence-corrected chi connectivity index (χ1v) is 8.52. The molecule has 2 aromatic carbocycles. The number of carbonyl (C=O) groups excluding carboxylic acids is 1. The maximum absolute atomic E-state index is 10.6. The summed E-state index contributed by atoms with van der Waals surface area (Å²) >= 11 is 0. The van der Waals surface area contributed by atoms with Crippen LogP contribution in [0.1, 0.15) is 0 Å². The first-order valence-electron chi connectivity index (χ1n) is 8.52. The van der Waals surface area contributed by atoms with Crippen LogP contribution in [0.2, 0.25) is 0 Å². The second-order valence-corrected chi connectivity index (χ2v) is 5.70. The van der Waals surface area contributed by atoms with Gasteiger partial charge in [0, 0.05) is 5.56 Å². The van der Waals surface area contributed by atoms with Gasteiger partial charge in [-0.15, -0.1) is 5.10 Å². The molecule has 3 rings (SSSR count). The fourth-order valence-electron chi connectivity index (χ4n) is 2.51. The van der Waals surface area contributed by atoms with E-state index >= 15 is 0 Å². The Bertz CT molecular complexity index is 923. The summed E-state index contributed by atoms with van der Waals surface area (Å²) < 4.78 is 17.7. The van der Waals surface area contributed by atoms with E-state index in [1.165, 1.54) is 7.11 Å². The maximum atomic E-state index is 10.6. The van der Waals surface area contributed by atoms with Crippen LogP contribution in [0.15, 0.2) is 48.5 Å². The van der Waals surface area contributed by atoms with Crippen LogP contribution in [0.5, 0.6) is 17.5 Å². The minimum absolute atomic E-state index is 0.267. The zero-order chi connectivity index (χ0) is 19.9. The van der Waals surface area contributed by atoms with Crippen LogP contribution < -0.4 is 25.3 Å². The van der Waals surface area contributed by atoms with Crippen LogP contribution >= 0.6 is 0 Å². The van der Waals surface area contributed by atoms with Crippen molar-refractivity contribution in [2.24, 2.45) is 5.73 Å². The van der Waals surface area contributed by atoms with Gasteiger partial charge in [-0.05, 0) is 48.5 Å². The van der Waals surface area contributed by atoms with E-state index in [1.807, 2.05) is 48.5 Å². The van der Waals surface area contributed by atoms with E-state index in [9.17, 15) is 4.79 Å². The third-order valence-electron chi connectivity index (χ3n) is 3.87. The van der Waals surface area contributed by atoms with Crippen LogP contribution in [-0.4, -0.2) is 48.2 Å².